The molecule has 0 saturated heterocycles. The molecule has 1 aliphatic rings. The Hall–Kier alpha value is -0.433. The number of pyridine rings is 1. The van der Waals surface area contributed by atoms with Crippen LogP contribution in [0.15, 0.2) is 16.9 Å². The quantitative estimate of drug-likeness (QED) is 0.417. The van der Waals surface area contributed by atoms with Gasteiger partial charge in [-0.1, -0.05) is 38.8 Å². The van der Waals surface area contributed by atoms with E-state index in [-0.39, 0.29) is 10.5 Å². The van der Waals surface area contributed by atoms with Crippen molar-refractivity contribution in [2.75, 3.05) is 6.61 Å². The van der Waals surface area contributed by atoms with E-state index in [9.17, 15) is 0 Å². The van der Waals surface area contributed by atoms with Crippen LogP contribution in [0.5, 0.6) is 0 Å². The third kappa shape index (κ3) is 3.82. The summed E-state index contributed by atoms with van der Waals surface area (Å²) in [7, 11) is -1.74. The lowest BCUT2D eigenvalue weighted by molar-refractivity contribution is 0.0310. The van der Waals surface area contributed by atoms with Gasteiger partial charge in [-0.15, -0.1) is 0 Å². The van der Waals surface area contributed by atoms with Crippen LogP contribution in [0.25, 0.3) is 10.9 Å². The second kappa shape index (κ2) is 6.62. The van der Waals surface area contributed by atoms with E-state index in [2.05, 4.69) is 64.6 Å². The zero-order valence-electron chi connectivity index (χ0n) is 15.7. The first-order chi connectivity index (χ1) is 11.5. The van der Waals surface area contributed by atoms with Crippen molar-refractivity contribution in [1.82, 2.24) is 14.8 Å². The Kier molecular flexibility index (Phi) is 5.12. The number of rotatable bonds is 5. The van der Waals surface area contributed by atoms with Crippen LogP contribution >= 0.6 is 27.5 Å². The highest BCUT2D eigenvalue weighted by molar-refractivity contribution is 9.10. The van der Waals surface area contributed by atoms with Gasteiger partial charge in [0.05, 0.1) is 10.9 Å². The van der Waals surface area contributed by atoms with E-state index in [4.69, 9.17) is 16.0 Å². The van der Waals surface area contributed by atoms with Crippen molar-refractivity contribution in [3.05, 3.63) is 22.0 Å². The first-order valence-electron chi connectivity index (χ1n) is 8.85. The molecule has 0 amide bonds. The second-order valence-electron chi connectivity index (χ2n) is 8.88. The zero-order chi connectivity index (χ0) is 18.5. The molecule has 0 aliphatic heterocycles. The van der Waals surface area contributed by atoms with Gasteiger partial charge in [0.25, 0.3) is 0 Å². The Bertz CT molecular complexity index is 780. The number of hydrogen-bond donors (Lipinski definition) is 0. The standard InChI is InChI=1S/C18H27BrClN3OSi/c1-17(2,3)25(4,5)24-12-18(7-6-8-18)11-23-14-9-15(20)21-10-13(14)16(19)22-23/h9-10H,6-8,11-12H2,1-5H3. The summed E-state index contributed by atoms with van der Waals surface area (Å²) in [4.78, 5) is 4.17. The average molecular weight is 445 g/mol. The van der Waals surface area contributed by atoms with E-state index in [1.807, 2.05) is 6.07 Å². The summed E-state index contributed by atoms with van der Waals surface area (Å²) in [6.07, 6.45) is 5.44. The maximum atomic E-state index is 6.56. The van der Waals surface area contributed by atoms with Crippen molar-refractivity contribution < 1.29 is 4.43 Å². The Balaban J connectivity index is 1.82. The van der Waals surface area contributed by atoms with Gasteiger partial charge >= 0.3 is 0 Å². The minimum atomic E-state index is -1.74. The van der Waals surface area contributed by atoms with Crippen molar-refractivity contribution in [2.45, 2.75) is 64.7 Å². The van der Waals surface area contributed by atoms with Gasteiger partial charge in [-0.05, 0) is 46.9 Å². The molecule has 2 aromatic rings. The molecule has 25 heavy (non-hydrogen) atoms. The van der Waals surface area contributed by atoms with Gasteiger partial charge in [0, 0.05) is 30.8 Å². The Morgan fingerprint density at radius 2 is 2.04 bits per heavy atom. The molecule has 0 atom stereocenters. The number of halogens is 2. The van der Waals surface area contributed by atoms with Gasteiger partial charge in [-0.3, -0.25) is 4.68 Å². The Labute approximate surface area is 164 Å². The van der Waals surface area contributed by atoms with E-state index in [1.54, 1.807) is 6.20 Å². The van der Waals surface area contributed by atoms with Crippen LogP contribution in [0.1, 0.15) is 40.0 Å². The van der Waals surface area contributed by atoms with Gasteiger partial charge < -0.3 is 4.43 Å². The Morgan fingerprint density at radius 3 is 2.60 bits per heavy atom. The van der Waals surface area contributed by atoms with E-state index >= 15 is 0 Å². The molecule has 0 radical (unpaired) electrons. The van der Waals surface area contributed by atoms with Gasteiger partial charge in [-0.25, -0.2) is 4.98 Å². The summed E-state index contributed by atoms with van der Waals surface area (Å²) in [5, 5.41) is 6.42. The van der Waals surface area contributed by atoms with Crippen molar-refractivity contribution in [1.29, 1.82) is 0 Å². The SMILES string of the molecule is CC(C)(C)[Si](C)(C)OCC1(Cn2nc(Br)c3cnc(Cl)cc32)CCC1. The monoisotopic (exact) mass is 443 g/mol. The lowest BCUT2D eigenvalue weighted by Gasteiger charge is -2.45. The summed E-state index contributed by atoms with van der Waals surface area (Å²) in [5.74, 6) is 0. The van der Waals surface area contributed by atoms with Gasteiger partial charge in [-0.2, -0.15) is 5.10 Å². The van der Waals surface area contributed by atoms with Crippen LogP contribution in [0.2, 0.25) is 23.3 Å². The average Bonchev–Trinajstić information content (AvgIpc) is 2.76. The highest BCUT2D eigenvalue weighted by Crippen LogP contribution is 2.46. The molecule has 4 nitrogen and oxygen atoms in total. The summed E-state index contributed by atoms with van der Waals surface area (Å²) in [5.41, 5.74) is 1.22. The third-order valence-corrected chi connectivity index (χ3v) is 11.3. The van der Waals surface area contributed by atoms with Crippen molar-refractivity contribution in [3.63, 3.8) is 0 Å². The number of nitrogens with zero attached hydrogens (tertiary/aromatic N) is 3. The molecule has 0 aromatic carbocycles. The van der Waals surface area contributed by atoms with E-state index in [0.717, 1.165) is 28.7 Å². The minimum absolute atomic E-state index is 0.184. The van der Waals surface area contributed by atoms with Crippen LogP contribution in [-0.2, 0) is 11.0 Å². The van der Waals surface area contributed by atoms with Gasteiger partial charge in [0.2, 0.25) is 0 Å². The maximum Gasteiger partial charge on any atom is 0.192 e. The number of hydrogen-bond acceptors (Lipinski definition) is 3. The molecule has 7 heteroatoms. The first kappa shape index (κ1) is 19.3. The summed E-state index contributed by atoms with van der Waals surface area (Å²) < 4.78 is 9.46. The Morgan fingerprint density at radius 1 is 1.36 bits per heavy atom. The first-order valence-corrected chi connectivity index (χ1v) is 12.9. The summed E-state index contributed by atoms with van der Waals surface area (Å²) in [6, 6.07) is 1.90. The predicted octanol–water partition coefficient (Wildman–Crippen LogP) is 6.04. The third-order valence-electron chi connectivity index (χ3n) is 6.00. The lowest BCUT2D eigenvalue weighted by Crippen LogP contribution is -2.47. The van der Waals surface area contributed by atoms with Crippen molar-refractivity contribution in [2.24, 2.45) is 5.41 Å². The normalized spacial score (nSPS) is 17.7. The fourth-order valence-corrected chi connectivity index (χ4v) is 4.77. The molecule has 0 bridgehead atoms. The lowest BCUT2D eigenvalue weighted by atomic mass is 9.69. The fraction of sp³-hybridized carbons (Fsp3) is 0.667. The highest BCUT2D eigenvalue weighted by Gasteiger charge is 2.43. The predicted molar refractivity (Wildman–Crippen MR) is 110 cm³/mol. The smallest absolute Gasteiger partial charge is 0.192 e. The van der Waals surface area contributed by atoms with Gasteiger partial charge in [0.1, 0.15) is 9.76 Å². The second-order valence-corrected chi connectivity index (χ2v) is 14.8. The van der Waals surface area contributed by atoms with Crippen molar-refractivity contribution in [3.8, 4) is 0 Å². The molecule has 2 aromatic heterocycles. The van der Waals surface area contributed by atoms with Crippen LogP contribution in [0.4, 0.5) is 0 Å². The molecule has 1 saturated carbocycles. The van der Waals surface area contributed by atoms with E-state index in [1.165, 1.54) is 19.3 Å². The molecule has 3 rings (SSSR count). The molecule has 1 fully saturated rings. The molecular formula is C18H27BrClN3OSi. The molecule has 2 heterocycles. The van der Waals surface area contributed by atoms with Crippen LogP contribution in [0, 0.1) is 5.41 Å². The van der Waals surface area contributed by atoms with Crippen LogP contribution < -0.4 is 0 Å². The van der Waals surface area contributed by atoms with Crippen molar-refractivity contribution >= 4 is 46.8 Å². The summed E-state index contributed by atoms with van der Waals surface area (Å²) in [6.45, 7) is 13.2. The topological polar surface area (TPSA) is 39.9 Å². The summed E-state index contributed by atoms with van der Waals surface area (Å²) >= 11 is 9.65. The van der Waals surface area contributed by atoms with E-state index < -0.39 is 8.32 Å². The molecule has 1 aliphatic carbocycles. The van der Waals surface area contributed by atoms with Crippen LogP contribution in [-0.4, -0.2) is 29.7 Å². The highest BCUT2D eigenvalue weighted by atomic mass is 79.9. The molecule has 0 spiro atoms. The van der Waals surface area contributed by atoms with E-state index in [0.29, 0.717) is 5.15 Å². The fourth-order valence-electron chi connectivity index (χ4n) is 3.02. The molecular weight excluding hydrogens is 418 g/mol. The number of fused-ring (bicyclic) bond motifs is 1. The minimum Gasteiger partial charge on any atom is -0.416 e. The van der Waals surface area contributed by atoms with Crippen LogP contribution in [0.3, 0.4) is 0 Å². The molecule has 138 valence electrons. The maximum absolute atomic E-state index is 6.56. The largest absolute Gasteiger partial charge is 0.416 e. The molecule has 0 unspecified atom stereocenters. The number of aromatic nitrogens is 3. The zero-order valence-corrected chi connectivity index (χ0v) is 19.0. The molecule has 0 N–H and O–H groups in total. The van der Waals surface area contributed by atoms with Gasteiger partial charge in [0.15, 0.2) is 8.32 Å².